The molecular weight excluding hydrogens is 322 g/mol. The molecule has 0 aliphatic carbocycles. The number of nitrogens with zero attached hydrogens (tertiary/aromatic N) is 3. The number of ether oxygens (including phenoxy) is 5. The molecule has 10 heteroatoms. The maximum atomic E-state index is 11.5. The fraction of sp³-hybridized carbons (Fsp3) is 0.714. The molecule has 4 unspecified atom stereocenters. The zero-order valence-corrected chi connectivity index (χ0v) is 13.8. The van der Waals surface area contributed by atoms with Crippen LogP contribution in [0.2, 0.25) is 0 Å². The van der Waals surface area contributed by atoms with Crippen molar-refractivity contribution < 1.29 is 33.3 Å². The first-order valence-corrected chi connectivity index (χ1v) is 7.44. The van der Waals surface area contributed by atoms with Gasteiger partial charge in [0.25, 0.3) is 5.82 Å². The van der Waals surface area contributed by atoms with Gasteiger partial charge < -0.3 is 23.7 Å². The second-order valence-electron chi connectivity index (χ2n) is 5.97. The van der Waals surface area contributed by atoms with Gasteiger partial charge in [0, 0.05) is 6.92 Å². The van der Waals surface area contributed by atoms with Crippen LogP contribution in [0, 0.1) is 0 Å². The second-order valence-corrected chi connectivity index (χ2v) is 5.97. The molecule has 2 saturated heterocycles. The van der Waals surface area contributed by atoms with Gasteiger partial charge in [-0.1, -0.05) is 0 Å². The SMILES string of the molecule is COC(=O)c1ncn(C2OC(COC(C)=O)C3OC(C)(C)OC32)n1. The summed E-state index contributed by atoms with van der Waals surface area (Å²) in [5, 5.41) is 4.06. The summed E-state index contributed by atoms with van der Waals surface area (Å²) in [6.45, 7) is 4.92. The Morgan fingerprint density at radius 3 is 2.71 bits per heavy atom. The standard InChI is InChI=1S/C14H19N3O7/c1-7(18)21-5-8-9-10(24-14(2,3)23-9)12(22-8)17-6-15-11(16-17)13(19)20-4/h6,8-10,12H,5H2,1-4H3. The Morgan fingerprint density at radius 2 is 2.04 bits per heavy atom. The topological polar surface area (TPSA) is 111 Å². The smallest absolute Gasteiger partial charge is 0.377 e. The van der Waals surface area contributed by atoms with E-state index in [1.165, 1.54) is 25.0 Å². The van der Waals surface area contributed by atoms with E-state index in [4.69, 9.17) is 18.9 Å². The molecule has 0 saturated carbocycles. The quantitative estimate of drug-likeness (QED) is 0.701. The van der Waals surface area contributed by atoms with Crippen molar-refractivity contribution in [2.45, 2.75) is 51.1 Å². The van der Waals surface area contributed by atoms with E-state index in [0.717, 1.165) is 0 Å². The molecule has 2 aliphatic rings. The number of carbonyl (C=O) groups excluding carboxylic acids is 2. The van der Waals surface area contributed by atoms with E-state index in [1.807, 2.05) is 0 Å². The van der Waals surface area contributed by atoms with Crippen molar-refractivity contribution in [1.29, 1.82) is 0 Å². The van der Waals surface area contributed by atoms with Crippen LogP contribution in [-0.4, -0.2) is 64.5 Å². The number of aromatic nitrogens is 3. The average molecular weight is 341 g/mol. The summed E-state index contributed by atoms with van der Waals surface area (Å²) in [6.07, 6.45) is -0.737. The minimum absolute atomic E-state index is 0.0327. The average Bonchev–Trinajstić information content (AvgIpc) is 3.17. The summed E-state index contributed by atoms with van der Waals surface area (Å²) in [5.41, 5.74) is 0. The lowest BCUT2D eigenvalue weighted by Crippen LogP contribution is -2.33. The first kappa shape index (κ1) is 16.8. The van der Waals surface area contributed by atoms with Gasteiger partial charge in [0.05, 0.1) is 7.11 Å². The van der Waals surface area contributed by atoms with Gasteiger partial charge in [-0.05, 0) is 13.8 Å². The predicted octanol–water partition coefficient (Wildman–Crippen LogP) is 0.0453. The Morgan fingerprint density at radius 1 is 1.33 bits per heavy atom. The van der Waals surface area contributed by atoms with Gasteiger partial charge in [-0.25, -0.2) is 14.5 Å². The molecule has 0 amide bonds. The van der Waals surface area contributed by atoms with Gasteiger partial charge in [-0.15, -0.1) is 5.10 Å². The summed E-state index contributed by atoms with van der Waals surface area (Å²) in [7, 11) is 1.25. The molecule has 4 atom stereocenters. The van der Waals surface area contributed by atoms with Crippen molar-refractivity contribution in [2.75, 3.05) is 13.7 Å². The second kappa shape index (κ2) is 6.11. The third-order valence-corrected chi connectivity index (χ3v) is 3.71. The van der Waals surface area contributed by atoms with E-state index >= 15 is 0 Å². The van der Waals surface area contributed by atoms with Crippen LogP contribution >= 0.6 is 0 Å². The Labute approximate surface area is 138 Å². The zero-order valence-electron chi connectivity index (χ0n) is 13.8. The summed E-state index contributed by atoms with van der Waals surface area (Å²) >= 11 is 0. The van der Waals surface area contributed by atoms with Crippen LogP contribution in [0.1, 0.15) is 37.6 Å². The molecule has 0 N–H and O–H groups in total. The molecule has 2 fully saturated rings. The van der Waals surface area contributed by atoms with Crippen LogP contribution < -0.4 is 0 Å². The maximum Gasteiger partial charge on any atom is 0.377 e. The number of carbonyl (C=O) groups is 2. The van der Waals surface area contributed by atoms with Crippen molar-refractivity contribution in [1.82, 2.24) is 14.8 Å². The Balaban J connectivity index is 1.81. The maximum absolute atomic E-state index is 11.5. The first-order valence-electron chi connectivity index (χ1n) is 7.44. The largest absolute Gasteiger partial charge is 0.463 e. The van der Waals surface area contributed by atoms with Gasteiger partial charge in [0.2, 0.25) is 0 Å². The lowest BCUT2D eigenvalue weighted by Gasteiger charge is -2.23. The number of rotatable bonds is 4. The van der Waals surface area contributed by atoms with Crippen molar-refractivity contribution in [3.63, 3.8) is 0 Å². The highest BCUT2D eigenvalue weighted by molar-refractivity contribution is 5.84. The fourth-order valence-corrected chi connectivity index (χ4v) is 2.79. The lowest BCUT2D eigenvalue weighted by molar-refractivity contribution is -0.203. The summed E-state index contributed by atoms with van der Waals surface area (Å²) < 4.78 is 28.6. The summed E-state index contributed by atoms with van der Waals surface area (Å²) in [4.78, 5) is 26.5. The third-order valence-electron chi connectivity index (χ3n) is 3.71. The van der Waals surface area contributed by atoms with E-state index in [9.17, 15) is 9.59 Å². The molecule has 3 heterocycles. The molecule has 0 aromatic carbocycles. The lowest BCUT2D eigenvalue weighted by atomic mass is 10.1. The molecule has 1 aromatic heterocycles. The number of fused-ring (bicyclic) bond motifs is 1. The molecule has 0 bridgehead atoms. The Hall–Kier alpha value is -2.04. The number of esters is 2. The van der Waals surface area contributed by atoms with Gasteiger partial charge in [-0.2, -0.15) is 0 Å². The molecule has 0 radical (unpaired) electrons. The molecule has 1 aromatic rings. The van der Waals surface area contributed by atoms with Gasteiger partial charge in [0.1, 0.15) is 31.2 Å². The highest BCUT2D eigenvalue weighted by atomic mass is 16.8. The van der Waals surface area contributed by atoms with Crippen LogP contribution in [0.3, 0.4) is 0 Å². The minimum atomic E-state index is -0.808. The van der Waals surface area contributed by atoms with Crippen LogP contribution in [0.4, 0.5) is 0 Å². The number of hydrogen-bond donors (Lipinski definition) is 0. The normalized spacial score (nSPS) is 30.8. The van der Waals surface area contributed by atoms with Crippen molar-refractivity contribution in [2.24, 2.45) is 0 Å². The van der Waals surface area contributed by atoms with Crippen molar-refractivity contribution in [3.05, 3.63) is 12.2 Å². The third kappa shape index (κ3) is 3.12. The van der Waals surface area contributed by atoms with E-state index in [0.29, 0.717) is 0 Å². The van der Waals surface area contributed by atoms with E-state index in [1.54, 1.807) is 13.8 Å². The van der Waals surface area contributed by atoms with Crippen LogP contribution in [-0.2, 0) is 28.5 Å². The molecule has 3 rings (SSSR count). The number of hydrogen-bond acceptors (Lipinski definition) is 9. The van der Waals surface area contributed by atoms with Crippen LogP contribution in [0.25, 0.3) is 0 Å². The predicted molar refractivity (Wildman–Crippen MR) is 75.7 cm³/mol. The van der Waals surface area contributed by atoms with Gasteiger partial charge in [-0.3, -0.25) is 4.79 Å². The first-order chi connectivity index (χ1) is 11.3. The highest BCUT2D eigenvalue weighted by Gasteiger charge is 2.56. The Bertz CT molecular complexity index is 644. The summed E-state index contributed by atoms with van der Waals surface area (Å²) in [5.74, 6) is -1.95. The number of methoxy groups -OCH3 is 1. The van der Waals surface area contributed by atoms with E-state index in [2.05, 4.69) is 14.8 Å². The highest BCUT2D eigenvalue weighted by Crippen LogP contribution is 2.42. The molecule has 10 nitrogen and oxygen atoms in total. The monoisotopic (exact) mass is 341 g/mol. The van der Waals surface area contributed by atoms with E-state index in [-0.39, 0.29) is 12.4 Å². The van der Waals surface area contributed by atoms with Crippen molar-refractivity contribution in [3.8, 4) is 0 Å². The van der Waals surface area contributed by atoms with Gasteiger partial charge in [0.15, 0.2) is 12.0 Å². The van der Waals surface area contributed by atoms with Gasteiger partial charge >= 0.3 is 11.9 Å². The zero-order chi connectivity index (χ0) is 17.5. The van der Waals surface area contributed by atoms with E-state index < -0.39 is 42.3 Å². The molecule has 2 aliphatic heterocycles. The van der Waals surface area contributed by atoms with Crippen molar-refractivity contribution >= 4 is 11.9 Å². The Kier molecular flexibility index (Phi) is 4.28. The minimum Gasteiger partial charge on any atom is -0.463 e. The van der Waals surface area contributed by atoms with Crippen LogP contribution in [0.15, 0.2) is 6.33 Å². The molecular formula is C14H19N3O7. The molecule has 24 heavy (non-hydrogen) atoms. The molecule has 132 valence electrons. The van der Waals surface area contributed by atoms with Crippen LogP contribution in [0.5, 0.6) is 0 Å². The fourth-order valence-electron chi connectivity index (χ4n) is 2.79. The molecule has 0 spiro atoms. The summed E-state index contributed by atoms with van der Waals surface area (Å²) in [6, 6.07) is 0.